The molecule has 0 radical (unpaired) electrons. The Hall–Kier alpha value is -1.92. The minimum Gasteiger partial charge on any atom is -0.322 e. The first-order valence-electron chi connectivity index (χ1n) is 5.89. The van der Waals surface area contributed by atoms with Crippen LogP contribution in [0.15, 0.2) is 40.9 Å². The highest BCUT2D eigenvalue weighted by atomic mass is 79.9. The number of carbonyl (C=O) groups is 1. The van der Waals surface area contributed by atoms with Gasteiger partial charge in [0.2, 0.25) is 0 Å². The van der Waals surface area contributed by atoms with Crippen molar-refractivity contribution in [3.63, 3.8) is 0 Å². The summed E-state index contributed by atoms with van der Waals surface area (Å²) in [5, 5.41) is 13.4. The second-order valence-corrected chi connectivity index (χ2v) is 5.72. The lowest BCUT2D eigenvalue weighted by Crippen LogP contribution is -2.12. The lowest BCUT2D eigenvalue weighted by Gasteiger charge is -2.08. The van der Waals surface area contributed by atoms with Gasteiger partial charge >= 0.3 is 0 Å². The van der Waals surface area contributed by atoms with Crippen molar-refractivity contribution in [3.8, 4) is 0 Å². The number of halogens is 2. The SMILES string of the molecule is Cc1cc(Br)cc(NC(=O)c2ccc([N+](=O)[O-])cc2Cl)c1. The zero-order valence-electron chi connectivity index (χ0n) is 10.9. The summed E-state index contributed by atoms with van der Waals surface area (Å²) in [6.45, 7) is 1.90. The van der Waals surface area contributed by atoms with Gasteiger partial charge < -0.3 is 5.32 Å². The van der Waals surface area contributed by atoms with Gasteiger partial charge in [-0.3, -0.25) is 14.9 Å². The number of rotatable bonds is 3. The van der Waals surface area contributed by atoms with E-state index in [1.54, 1.807) is 6.07 Å². The monoisotopic (exact) mass is 368 g/mol. The first kappa shape index (κ1) is 15.5. The van der Waals surface area contributed by atoms with Crippen molar-refractivity contribution in [3.05, 3.63) is 67.1 Å². The molecular formula is C14H10BrClN2O3. The van der Waals surface area contributed by atoms with Crippen LogP contribution in [-0.4, -0.2) is 10.8 Å². The highest BCUT2D eigenvalue weighted by Crippen LogP contribution is 2.24. The van der Waals surface area contributed by atoms with Crippen LogP contribution in [0.1, 0.15) is 15.9 Å². The highest BCUT2D eigenvalue weighted by molar-refractivity contribution is 9.10. The average molecular weight is 370 g/mol. The van der Waals surface area contributed by atoms with E-state index in [2.05, 4.69) is 21.2 Å². The number of carbonyl (C=O) groups excluding carboxylic acids is 1. The van der Waals surface area contributed by atoms with Gasteiger partial charge in [0.05, 0.1) is 15.5 Å². The van der Waals surface area contributed by atoms with Crippen LogP contribution in [-0.2, 0) is 0 Å². The van der Waals surface area contributed by atoms with E-state index in [1.165, 1.54) is 12.1 Å². The third kappa shape index (κ3) is 3.80. The van der Waals surface area contributed by atoms with E-state index in [0.29, 0.717) is 5.69 Å². The molecule has 21 heavy (non-hydrogen) atoms. The molecule has 1 N–H and O–H groups in total. The summed E-state index contributed by atoms with van der Waals surface area (Å²) in [5.74, 6) is -0.424. The fourth-order valence-corrected chi connectivity index (χ4v) is 2.68. The molecule has 108 valence electrons. The number of non-ortho nitro benzene ring substituents is 1. The van der Waals surface area contributed by atoms with Crippen LogP contribution in [0.25, 0.3) is 0 Å². The first-order chi connectivity index (χ1) is 9.86. The Bertz CT molecular complexity index is 714. The van der Waals surface area contributed by atoms with Crippen molar-refractivity contribution >= 4 is 44.8 Å². The number of anilines is 1. The molecule has 0 aromatic heterocycles. The zero-order chi connectivity index (χ0) is 15.6. The zero-order valence-corrected chi connectivity index (χ0v) is 13.2. The molecule has 2 aromatic rings. The van der Waals surface area contributed by atoms with Crippen LogP contribution in [0.4, 0.5) is 11.4 Å². The standard InChI is InChI=1S/C14H10BrClN2O3/c1-8-4-9(15)6-10(5-8)17-14(19)12-3-2-11(18(20)21)7-13(12)16/h2-7H,1H3,(H,17,19). The molecule has 0 bridgehead atoms. The van der Waals surface area contributed by atoms with E-state index < -0.39 is 10.8 Å². The van der Waals surface area contributed by atoms with E-state index in [9.17, 15) is 14.9 Å². The molecule has 0 atom stereocenters. The molecule has 0 saturated heterocycles. The third-order valence-corrected chi connectivity index (χ3v) is 3.48. The van der Waals surface area contributed by atoms with Crippen LogP contribution in [0.3, 0.4) is 0 Å². The molecule has 0 unspecified atom stereocenters. The molecule has 0 heterocycles. The van der Waals surface area contributed by atoms with E-state index in [-0.39, 0.29) is 16.3 Å². The molecule has 7 heteroatoms. The van der Waals surface area contributed by atoms with Crippen molar-refractivity contribution in [2.24, 2.45) is 0 Å². The van der Waals surface area contributed by atoms with Crippen molar-refractivity contribution < 1.29 is 9.72 Å². The Morgan fingerprint density at radius 2 is 2.00 bits per heavy atom. The number of nitrogens with one attached hydrogen (secondary N) is 1. The van der Waals surface area contributed by atoms with Crippen LogP contribution >= 0.6 is 27.5 Å². The van der Waals surface area contributed by atoms with Gasteiger partial charge in [0.15, 0.2) is 0 Å². The Labute approximate surface area is 134 Å². The summed E-state index contributed by atoms with van der Waals surface area (Å²) in [6, 6.07) is 9.21. The van der Waals surface area contributed by atoms with Crippen molar-refractivity contribution in [2.45, 2.75) is 6.92 Å². The Kier molecular flexibility index (Phi) is 4.59. The fourth-order valence-electron chi connectivity index (χ4n) is 1.81. The Morgan fingerprint density at radius 1 is 1.29 bits per heavy atom. The molecule has 1 amide bonds. The van der Waals surface area contributed by atoms with Crippen molar-refractivity contribution in [2.75, 3.05) is 5.32 Å². The lowest BCUT2D eigenvalue weighted by atomic mass is 10.1. The number of nitro benzene ring substituents is 1. The van der Waals surface area contributed by atoms with Crippen molar-refractivity contribution in [1.82, 2.24) is 0 Å². The molecular weight excluding hydrogens is 360 g/mol. The van der Waals surface area contributed by atoms with E-state index in [0.717, 1.165) is 16.1 Å². The van der Waals surface area contributed by atoms with E-state index >= 15 is 0 Å². The summed E-state index contributed by atoms with van der Waals surface area (Å²) in [4.78, 5) is 22.2. The van der Waals surface area contributed by atoms with Gasteiger partial charge in [-0.05, 0) is 36.8 Å². The summed E-state index contributed by atoms with van der Waals surface area (Å²) < 4.78 is 0.840. The van der Waals surface area contributed by atoms with Gasteiger partial charge in [0, 0.05) is 22.3 Å². The maximum atomic E-state index is 12.2. The molecule has 0 aliphatic heterocycles. The van der Waals surface area contributed by atoms with Crippen LogP contribution in [0.5, 0.6) is 0 Å². The molecule has 2 rings (SSSR count). The normalized spacial score (nSPS) is 10.2. The number of nitro groups is 1. The predicted octanol–water partition coefficient (Wildman–Crippen LogP) is 4.57. The number of hydrogen-bond acceptors (Lipinski definition) is 3. The van der Waals surface area contributed by atoms with Gasteiger partial charge in [0.25, 0.3) is 11.6 Å². The third-order valence-electron chi connectivity index (χ3n) is 2.71. The molecule has 2 aromatic carbocycles. The summed E-state index contributed by atoms with van der Waals surface area (Å²) in [5.41, 5.74) is 1.62. The highest BCUT2D eigenvalue weighted by Gasteiger charge is 2.15. The molecule has 0 spiro atoms. The maximum Gasteiger partial charge on any atom is 0.270 e. The quantitative estimate of drug-likeness (QED) is 0.636. The molecule has 0 fully saturated rings. The number of amides is 1. The first-order valence-corrected chi connectivity index (χ1v) is 7.06. The number of aryl methyl sites for hydroxylation is 1. The fraction of sp³-hybridized carbons (Fsp3) is 0.0714. The van der Waals surface area contributed by atoms with Gasteiger partial charge in [-0.15, -0.1) is 0 Å². The van der Waals surface area contributed by atoms with Gasteiger partial charge in [-0.25, -0.2) is 0 Å². The average Bonchev–Trinajstić information content (AvgIpc) is 2.36. The predicted molar refractivity (Wildman–Crippen MR) is 84.9 cm³/mol. The maximum absolute atomic E-state index is 12.2. The second-order valence-electron chi connectivity index (χ2n) is 4.39. The van der Waals surface area contributed by atoms with Crippen LogP contribution in [0.2, 0.25) is 5.02 Å². The second kappa shape index (κ2) is 6.24. The van der Waals surface area contributed by atoms with Crippen molar-refractivity contribution in [1.29, 1.82) is 0 Å². The Balaban J connectivity index is 2.26. The molecule has 0 saturated carbocycles. The number of nitrogens with zero attached hydrogens (tertiary/aromatic N) is 1. The molecule has 0 aliphatic carbocycles. The topological polar surface area (TPSA) is 72.2 Å². The minimum atomic E-state index is -0.564. The summed E-state index contributed by atoms with van der Waals surface area (Å²) >= 11 is 9.27. The van der Waals surface area contributed by atoms with Crippen LogP contribution < -0.4 is 5.32 Å². The number of hydrogen-bond donors (Lipinski definition) is 1. The largest absolute Gasteiger partial charge is 0.322 e. The van der Waals surface area contributed by atoms with E-state index in [4.69, 9.17) is 11.6 Å². The van der Waals surface area contributed by atoms with Gasteiger partial charge in [0.1, 0.15) is 0 Å². The van der Waals surface area contributed by atoms with E-state index in [1.807, 2.05) is 19.1 Å². The lowest BCUT2D eigenvalue weighted by molar-refractivity contribution is -0.384. The number of benzene rings is 2. The van der Waals surface area contributed by atoms with Gasteiger partial charge in [-0.1, -0.05) is 27.5 Å². The minimum absolute atomic E-state index is 0.0356. The Morgan fingerprint density at radius 3 is 2.57 bits per heavy atom. The molecule has 0 aliphatic rings. The summed E-state index contributed by atoms with van der Waals surface area (Å²) in [6.07, 6.45) is 0. The molecule has 5 nitrogen and oxygen atoms in total. The summed E-state index contributed by atoms with van der Waals surface area (Å²) in [7, 11) is 0. The van der Waals surface area contributed by atoms with Crippen LogP contribution in [0, 0.1) is 17.0 Å². The smallest absolute Gasteiger partial charge is 0.270 e. The van der Waals surface area contributed by atoms with Gasteiger partial charge in [-0.2, -0.15) is 0 Å².